The maximum Gasteiger partial charge on any atom is 0.150 e. The molecule has 1 aromatic rings. The minimum Gasteiger partial charge on any atom is -0.490 e. The van der Waals surface area contributed by atoms with Crippen molar-refractivity contribution in [1.29, 1.82) is 0 Å². The average molecular weight is 280 g/mol. The Kier molecular flexibility index (Phi) is 4.38. The van der Waals surface area contributed by atoms with Crippen LogP contribution in [0.25, 0.3) is 0 Å². The van der Waals surface area contributed by atoms with Crippen LogP contribution in [0.1, 0.15) is 12.8 Å². The largest absolute Gasteiger partial charge is 0.490 e. The van der Waals surface area contributed by atoms with Crippen molar-refractivity contribution in [2.45, 2.75) is 18.9 Å². The Labute approximate surface area is 118 Å². The summed E-state index contributed by atoms with van der Waals surface area (Å²) in [6.45, 7) is 4.95. The highest BCUT2D eigenvalue weighted by atomic mass is 19.1. The predicted octanol–water partition coefficient (Wildman–Crippen LogP) is 1.79. The van der Waals surface area contributed by atoms with Crippen molar-refractivity contribution in [3.05, 3.63) is 24.0 Å². The third-order valence-electron chi connectivity index (χ3n) is 3.85. The summed E-state index contributed by atoms with van der Waals surface area (Å²) in [6, 6.07) is 5.21. The van der Waals surface area contributed by atoms with E-state index in [0.29, 0.717) is 11.4 Å². The topological polar surface area (TPSA) is 33.7 Å². The van der Waals surface area contributed by atoms with Gasteiger partial charge in [-0.1, -0.05) is 0 Å². The van der Waals surface area contributed by atoms with Gasteiger partial charge in [-0.15, -0.1) is 0 Å². The van der Waals surface area contributed by atoms with Gasteiger partial charge < -0.3 is 19.7 Å². The van der Waals surface area contributed by atoms with Crippen molar-refractivity contribution in [2.24, 2.45) is 0 Å². The first-order chi connectivity index (χ1) is 9.83. The second-order valence-electron chi connectivity index (χ2n) is 5.28. The molecule has 0 bridgehead atoms. The van der Waals surface area contributed by atoms with Gasteiger partial charge in [-0.3, -0.25) is 0 Å². The van der Waals surface area contributed by atoms with Crippen LogP contribution < -0.4 is 15.0 Å². The lowest BCUT2D eigenvalue weighted by Gasteiger charge is -2.30. The van der Waals surface area contributed by atoms with Crippen molar-refractivity contribution in [3.63, 3.8) is 0 Å². The summed E-state index contributed by atoms with van der Waals surface area (Å²) in [7, 11) is 0. The van der Waals surface area contributed by atoms with E-state index in [1.807, 2.05) is 12.1 Å². The Balaban J connectivity index is 1.66. The molecule has 0 atom stereocenters. The molecule has 0 aliphatic carbocycles. The molecule has 0 spiro atoms. The summed E-state index contributed by atoms with van der Waals surface area (Å²) in [5.74, 6) is 0.421. The molecule has 2 heterocycles. The van der Waals surface area contributed by atoms with Crippen LogP contribution in [0.2, 0.25) is 0 Å². The SMILES string of the molecule is Fc1cc(OC2CCOCC2)ccc1N1CCNCC1. The maximum absolute atomic E-state index is 14.2. The van der Waals surface area contributed by atoms with Crippen LogP contribution in [0.3, 0.4) is 0 Å². The molecule has 0 radical (unpaired) electrons. The van der Waals surface area contributed by atoms with E-state index in [1.54, 1.807) is 0 Å². The lowest BCUT2D eigenvalue weighted by Crippen LogP contribution is -2.43. The Morgan fingerprint density at radius 3 is 2.65 bits per heavy atom. The fourth-order valence-electron chi connectivity index (χ4n) is 2.71. The quantitative estimate of drug-likeness (QED) is 0.915. The average Bonchev–Trinajstić information content (AvgIpc) is 2.49. The molecule has 5 heteroatoms. The molecular formula is C15H21FN2O2. The lowest BCUT2D eigenvalue weighted by atomic mass is 10.1. The molecule has 20 heavy (non-hydrogen) atoms. The van der Waals surface area contributed by atoms with E-state index < -0.39 is 0 Å². The monoisotopic (exact) mass is 280 g/mol. The minimum atomic E-state index is -0.198. The van der Waals surface area contributed by atoms with E-state index in [9.17, 15) is 4.39 Å². The molecule has 1 aromatic carbocycles. The Hall–Kier alpha value is -1.33. The number of piperazine rings is 1. The molecule has 2 aliphatic rings. The number of hydrogen-bond donors (Lipinski definition) is 1. The van der Waals surface area contributed by atoms with Crippen LogP contribution in [-0.2, 0) is 4.74 Å². The normalized spacial score (nSPS) is 20.9. The fourth-order valence-corrected chi connectivity index (χ4v) is 2.71. The van der Waals surface area contributed by atoms with Crippen LogP contribution in [0.5, 0.6) is 5.75 Å². The van der Waals surface area contributed by atoms with Crippen molar-refractivity contribution >= 4 is 5.69 Å². The molecular weight excluding hydrogens is 259 g/mol. The number of ether oxygens (including phenoxy) is 2. The number of nitrogens with one attached hydrogen (secondary N) is 1. The summed E-state index contributed by atoms with van der Waals surface area (Å²) < 4.78 is 25.3. The van der Waals surface area contributed by atoms with Gasteiger partial charge in [-0.2, -0.15) is 0 Å². The van der Waals surface area contributed by atoms with Gasteiger partial charge >= 0.3 is 0 Å². The molecule has 4 nitrogen and oxygen atoms in total. The van der Waals surface area contributed by atoms with E-state index in [-0.39, 0.29) is 11.9 Å². The van der Waals surface area contributed by atoms with Gasteiger partial charge in [0.2, 0.25) is 0 Å². The summed E-state index contributed by atoms with van der Waals surface area (Å²) in [5.41, 5.74) is 0.672. The Bertz CT molecular complexity index is 443. The first-order valence-electron chi connectivity index (χ1n) is 7.32. The fraction of sp³-hybridized carbons (Fsp3) is 0.600. The van der Waals surface area contributed by atoms with Gasteiger partial charge in [0.1, 0.15) is 17.7 Å². The Morgan fingerprint density at radius 2 is 1.95 bits per heavy atom. The first-order valence-corrected chi connectivity index (χ1v) is 7.32. The summed E-state index contributed by atoms with van der Waals surface area (Å²) in [6.07, 6.45) is 1.90. The highest BCUT2D eigenvalue weighted by Crippen LogP contribution is 2.26. The number of benzene rings is 1. The standard InChI is InChI=1S/C15H21FN2O2/c16-14-11-13(20-12-3-9-19-10-4-12)1-2-15(14)18-7-5-17-6-8-18/h1-2,11-12,17H,3-10H2. The predicted molar refractivity (Wildman–Crippen MR) is 76.0 cm³/mol. The van der Waals surface area contributed by atoms with Crippen LogP contribution in [0.4, 0.5) is 10.1 Å². The number of anilines is 1. The molecule has 3 rings (SSSR count). The highest BCUT2D eigenvalue weighted by molar-refractivity contribution is 5.51. The molecule has 0 unspecified atom stereocenters. The molecule has 2 fully saturated rings. The van der Waals surface area contributed by atoms with Gasteiger partial charge in [-0.05, 0) is 12.1 Å². The third kappa shape index (κ3) is 3.22. The molecule has 2 saturated heterocycles. The second-order valence-corrected chi connectivity index (χ2v) is 5.28. The van der Waals surface area contributed by atoms with Crippen molar-refractivity contribution in [1.82, 2.24) is 5.32 Å². The van der Waals surface area contributed by atoms with Crippen molar-refractivity contribution in [2.75, 3.05) is 44.3 Å². The lowest BCUT2D eigenvalue weighted by molar-refractivity contribution is 0.0255. The summed E-state index contributed by atoms with van der Waals surface area (Å²) in [4.78, 5) is 2.07. The third-order valence-corrected chi connectivity index (χ3v) is 3.85. The maximum atomic E-state index is 14.2. The van der Waals surface area contributed by atoms with Gasteiger partial charge in [0.25, 0.3) is 0 Å². The molecule has 2 aliphatic heterocycles. The second kappa shape index (κ2) is 6.41. The van der Waals surface area contributed by atoms with E-state index >= 15 is 0 Å². The number of halogens is 1. The van der Waals surface area contributed by atoms with E-state index in [4.69, 9.17) is 9.47 Å². The molecule has 0 amide bonds. The number of hydrogen-bond acceptors (Lipinski definition) is 4. The van der Waals surface area contributed by atoms with Gasteiger partial charge in [0.05, 0.1) is 18.9 Å². The van der Waals surface area contributed by atoms with Crippen molar-refractivity contribution < 1.29 is 13.9 Å². The van der Waals surface area contributed by atoms with Gasteiger partial charge in [0.15, 0.2) is 0 Å². The Morgan fingerprint density at radius 1 is 1.20 bits per heavy atom. The van der Waals surface area contributed by atoms with E-state index in [0.717, 1.165) is 52.2 Å². The van der Waals surface area contributed by atoms with Crippen LogP contribution in [0.15, 0.2) is 18.2 Å². The summed E-state index contributed by atoms with van der Waals surface area (Å²) >= 11 is 0. The van der Waals surface area contributed by atoms with E-state index in [1.165, 1.54) is 6.07 Å². The zero-order chi connectivity index (χ0) is 13.8. The van der Waals surface area contributed by atoms with Crippen molar-refractivity contribution in [3.8, 4) is 5.75 Å². The van der Waals surface area contributed by atoms with Gasteiger partial charge in [-0.25, -0.2) is 4.39 Å². The molecule has 0 saturated carbocycles. The van der Waals surface area contributed by atoms with Gasteiger partial charge in [0, 0.05) is 45.1 Å². The minimum absolute atomic E-state index is 0.146. The number of nitrogens with zero attached hydrogens (tertiary/aromatic N) is 1. The molecule has 110 valence electrons. The van der Waals surface area contributed by atoms with Crippen LogP contribution >= 0.6 is 0 Å². The van der Waals surface area contributed by atoms with E-state index in [2.05, 4.69) is 10.2 Å². The zero-order valence-corrected chi connectivity index (χ0v) is 11.6. The van der Waals surface area contributed by atoms with Crippen LogP contribution in [0, 0.1) is 5.82 Å². The highest BCUT2D eigenvalue weighted by Gasteiger charge is 2.18. The smallest absolute Gasteiger partial charge is 0.150 e. The molecule has 1 N–H and O–H groups in total. The number of rotatable bonds is 3. The summed E-state index contributed by atoms with van der Waals surface area (Å²) in [5, 5.41) is 3.27. The zero-order valence-electron chi connectivity index (χ0n) is 11.6. The first kappa shape index (κ1) is 13.6. The van der Waals surface area contributed by atoms with Crippen LogP contribution in [-0.4, -0.2) is 45.5 Å². The molecule has 0 aromatic heterocycles.